The number of nitrogens with zero attached hydrogens (tertiary/aromatic N) is 1. The number of benzene rings is 1. The van der Waals surface area contributed by atoms with Crippen LogP contribution in [0, 0.1) is 10.1 Å². The van der Waals surface area contributed by atoms with Crippen LogP contribution in [0.4, 0.5) is 5.69 Å². The molecule has 1 rings (SSSR count). The molecule has 0 aliphatic heterocycles. The predicted molar refractivity (Wildman–Crippen MR) is 66.9 cm³/mol. The Labute approximate surface area is 109 Å². The molecule has 0 saturated carbocycles. The number of sulfonamides is 1. The second-order valence-electron chi connectivity index (χ2n) is 3.63. The number of hydrogen-bond acceptors (Lipinski definition) is 5. The molecule has 0 amide bonds. The van der Waals surface area contributed by atoms with Gasteiger partial charge in [-0.05, 0) is 13.0 Å². The van der Waals surface area contributed by atoms with E-state index in [9.17, 15) is 18.5 Å². The third kappa shape index (κ3) is 3.39. The van der Waals surface area contributed by atoms with Gasteiger partial charge in [-0.15, -0.1) is 0 Å². The van der Waals surface area contributed by atoms with Gasteiger partial charge in [0.15, 0.2) is 0 Å². The van der Waals surface area contributed by atoms with Crippen LogP contribution in [0.15, 0.2) is 23.1 Å². The highest BCUT2D eigenvalue weighted by molar-refractivity contribution is 7.89. The zero-order chi connectivity index (χ0) is 13.9. The fraction of sp³-hybridized carbons (Fsp3) is 0.333. The SMILES string of the molecule is C[C@@H](CN)NS(=O)(=O)c1ccc([N+](=O)[O-])cc1Cl. The quantitative estimate of drug-likeness (QED) is 0.617. The van der Waals surface area contributed by atoms with Crippen LogP contribution in [0.3, 0.4) is 0 Å². The maximum atomic E-state index is 11.9. The minimum absolute atomic E-state index is 0.129. The first-order valence-corrected chi connectivity index (χ1v) is 6.80. The number of nitrogens with two attached hydrogens (primary N) is 1. The lowest BCUT2D eigenvalue weighted by molar-refractivity contribution is -0.384. The first kappa shape index (κ1) is 14.8. The molecule has 100 valence electrons. The number of halogens is 1. The minimum atomic E-state index is -3.83. The van der Waals surface area contributed by atoms with Crippen molar-refractivity contribution in [1.82, 2.24) is 4.72 Å². The van der Waals surface area contributed by atoms with Crippen molar-refractivity contribution in [3.63, 3.8) is 0 Å². The first-order valence-electron chi connectivity index (χ1n) is 4.94. The van der Waals surface area contributed by atoms with Gasteiger partial charge in [-0.3, -0.25) is 10.1 Å². The van der Waals surface area contributed by atoms with Gasteiger partial charge in [0.1, 0.15) is 4.90 Å². The van der Waals surface area contributed by atoms with Crippen molar-refractivity contribution in [3.05, 3.63) is 33.3 Å². The Morgan fingerprint density at radius 3 is 2.61 bits per heavy atom. The molecule has 0 heterocycles. The van der Waals surface area contributed by atoms with Crippen LogP contribution in [-0.4, -0.2) is 25.9 Å². The number of nitrogens with one attached hydrogen (secondary N) is 1. The molecule has 3 N–H and O–H groups in total. The summed E-state index contributed by atoms with van der Waals surface area (Å²) < 4.78 is 26.1. The van der Waals surface area contributed by atoms with Crippen molar-refractivity contribution in [2.45, 2.75) is 17.9 Å². The Morgan fingerprint density at radius 2 is 2.17 bits per heavy atom. The van der Waals surface area contributed by atoms with E-state index >= 15 is 0 Å². The summed E-state index contributed by atoms with van der Waals surface area (Å²) >= 11 is 5.73. The molecule has 18 heavy (non-hydrogen) atoms. The average Bonchev–Trinajstić information content (AvgIpc) is 2.27. The van der Waals surface area contributed by atoms with Gasteiger partial charge in [0, 0.05) is 24.7 Å². The molecule has 1 aromatic carbocycles. The second kappa shape index (κ2) is 5.61. The molecule has 0 aromatic heterocycles. The van der Waals surface area contributed by atoms with Gasteiger partial charge >= 0.3 is 0 Å². The van der Waals surface area contributed by atoms with E-state index in [1.807, 2.05) is 0 Å². The highest BCUT2D eigenvalue weighted by Crippen LogP contribution is 2.26. The topological polar surface area (TPSA) is 115 Å². The lowest BCUT2D eigenvalue weighted by atomic mass is 10.3. The van der Waals surface area contributed by atoms with E-state index in [4.69, 9.17) is 17.3 Å². The van der Waals surface area contributed by atoms with Crippen LogP contribution in [0.2, 0.25) is 5.02 Å². The van der Waals surface area contributed by atoms with E-state index in [0.717, 1.165) is 18.2 Å². The van der Waals surface area contributed by atoms with Crippen LogP contribution in [0.5, 0.6) is 0 Å². The summed E-state index contributed by atoms with van der Waals surface area (Å²) in [6, 6.07) is 2.70. The fourth-order valence-electron chi connectivity index (χ4n) is 1.20. The van der Waals surface area contributed by atoms with E-state index in [1.165, 1.54) is 0 Å². The normalized spacial score (nSPS) is 13.3. The van der Waals surface area contributed by atoms with Gasteiger partial charge in [0.05, 0.1) is 9.95 Å². The lowest BCUT2D eigenvalue weighted by Gasteiger charge is -2.12. The molecule has 1 aromatic rings. The van der Waals surface area contributed by atoms with Crippen molar-refractivity contribution in [1.29, 1.82) is 0 Å². The monoisotopic (exact) mass is 293 g/mol. The summed E-state index contributed by atoms with van der Waals surface area (Å²) in [5.74, 6) is 0. The summed E-state index contributed by atoms with van der Waals surface area (Å²) in [5.41, 5.74) is 5.04. The lowest BCUT2D eigenvalue weighted by Crippen LogP contribution is -2.37. The van der Waals surface area contributed by atoms with Crippen molar-refractivity contribution < 1.29 is 13.3 Å². The zero-order valence-corrected chi connectivity index (χ0v) is 11.0. The smallest absolute Gasteiger partial charge is 0.271 e. The summed E-state index contributed by atoms with van der Waals surface area (Å²) in [4.78, 5) is 9.64. The Balaban J connectivity index is 3.14. The van der Waals surface area contributed by atoms with Crippen LogP contribution in [0.25, 0.3) is 0 Å². The Kier molecular flexibility index (Phi) is 4.63. The highest BCUT2D eigenvalue weighted by Gasteiger charge is 2.21. The van der Waals surface area contributed by atoms with Crippen molar-refractivity contribution in [2.75, 3.05) is 6.54 Å². The van der Waals surface area contributed by atoms with Crippen molar-refractivity contribution in [3.8, 4) is 0 Å². The third-order valence-electron chi connectivity index (χ3n) is 2.13. The van der Waals surface area contributed by atoms with E-state index < -0.39 is 21.0 Å². The summed E-state index contributed by atoms with van der Waals surface area (Å²) in [6.45, 7) is 1.72. The van der Waals surface area contributed by atoms with Crippen molar-refractivity contribution in [2.24, 2.45) is 5.73 Å². The molecule has 0 fully saturated rings. The third-order valence-corrected chi connectivity index (χ3v) is 4.20. The van der Waals surface area contributed by atoms with E-state index in [0.29, 0.717) is 0 Å². The van der Waals surface area contributed by atoms with Crippen LogP contribution in [0.1, 0.15) is 6.92 Å². The van der Waals surface area contributed by atoms with Crippen LogP contribution >= 0.6 is 11.6 Å². The summed E-state index contributed by atoms with van der Waals surface area (Å²) in [7, 11) is -3.83. The van der Waals surface area contributed by atoms with Gasteiger partial charge in [-0.25, -0.2) is 13.1 Å². The second-order valence-corrected chi connectivity index (χ2v) is 5.72. The van der Waals surface area contributed by atoms with Gasteiger partial charge in [-0.2, -0.15) is 0 Å². The number of non-ortho nitro benzene ring substituents is 1. The number of hydrogen-bond donors (Lipinski definition) is 2. The molecule has 0 radical (unpaired) electrons. The van der Waals surface area contributed by atoms with E-state index in [-0.39, 0.29) is 22.2 Å². The molecule has 9 heteroatoms. The standard InChI is InChI=1S/C9H12ClN3O4S/c1-6(5-11)12-18(16,17)9-3-2-7(13(14)15)4-8(9)10/h2-4,6,12H,5,11H2,1H3/t6-/m0/s1. The molecule has 0 aliphatic rings. The number of rotatable bonds is 5. The van der Waals surface area contributed by atoms with Crippen molar-refractivity contribution >= 4 is 27.3 Å². The molecular weight excluding hydrogens is 282 g/mol. The molecule has 0 aliphatic carbocycles. The Bertz CT molecular complexity index is 561. The average molecular weight is 294 g/mol. The Hall–Kier alpha value is -1.22. The summed E-state index contributed by atoms with van der Waals surface area (Å²) in [6.07, 6.45) is 0. The molecular formula is C9H12ClN3O4S. The molecule has 7 nitrogen and oxygen atoms in total. The van der Waals surface area contributed by atoms with Crippen LogP contribution in [-0.2, 0) is 10.0 Å². The van der Waals surface area contributed by atoms with Gasteiger partial charge in [-0.1, -0.05) is 11.6 Å². The fourth-order valence-corrected chi connectivity index (χ4v) is 2.99. The highest BCUT2D eigenvalue weighted by atomic mass is 35.5. The zero-order valence-electron chi connectivity index (χ0n) is 9.46. The molecule has 0 unspecified atom stereocenters. The molecule has 1 atom stereocenters. The van der Waals surface area contributed by atoms with Crippen LogP contribution < -0.4 is 10.5 Å². The first-order chi connectivity index (χ1) is 8.27. The maximum Gasteiger partial charge on any atom is 0.271 e. The minimum Gasteiger partial charge on any atom is -0.329 e. The molecule has 0 spiro atoms. The maximum absolute atomic E-state index is 11.9. The van der Waals surface area contributed by atoms with Gasteiger partial charge in [0.25, 0.3) is 5.69 Å². The van der Waals surface area contributed by atoms with E-state index in [2.05, 4.69) is 4.72 Å². The predicted octanol–water partition coefficient (Wildman–Crippen LogP) is 0.874. The molecule has 0 saturated heterocycles. The van der Waals surface area contributed by atoms with E-state index in [1.54, 1.807) is 6.92 Å². The summed E-state index contributed by atoms with van der Waals surface area (Å²) in [5, 5.41) is 10.3. The van der Waals surface area contributed by atoms with Gasteiger partial charge in [0.2, 0.25) is 10.0 Å². The largest absolute Gasteiger partial charge is 0.329 e. The Morgan fingerprint density at radius 1 is 1.56 bits per heavy atom. The number of nitro groups is 1. The van der Waals surface area contributed by atoms with Gasteiger partial charge < -0.3 is 5.73 Å². The molecule has 0 bridgehead atoms. The number of nitro benzene ring substituents is 1.